The molecule has 25 heavy (non-hydrogen) atoms. The van der Waals surface area contributed by atoms with E-state index in [2.05, 4.69) is 10.9 Å². The Kier molecular flexibility index (Phi) is 6.51. The first kappa shape index (κ1) is 19.4. The number of nitrogens with zero attached hydrogens (tertiary/aromatic N) is 1. The van der Waals surface area contributed by atoms with Crippen LogP contribution < -0.4 is 10.9 Å². The Morgan fingerprint density at radius 1 is 1.12 bits per heavy atom. The Bertz CT molecular complexity index is 710. The average Bonchev–Trinajstić information content (AvgIpc) is 2.60. The Balaban J connectivity index is 1.99. The quantitative estimate of drug-likeness (QED) is 0.736. The second kappa shape index (κ2) is 8.41. The first-order chi connectivity index (χ1) is 11.8. The minimum Gasteiger partial charge on any atom is -0.379 e. The maximum Gasteiger partial charge on any atom is 0.269 e. The molecule has 0 unspecified atom stereocenters. The molecule has 0 bridgehead atoms. The largest absolute Gasteiger partial charge is 0.379 e. The van der Waals surface area contributed by atoms with Crippen LogP contribution in [0.15, 0.2) is 29.2 Å². The Morgan fingerprint density at radius 3 is 2.28 bits per heavy atom. The van der Waals surface area contributed by atoms with E-state index in [0.717, 1.165) is 0 Å². The molecule has 2 rings (SSSR count). The molecule has 1 aliphatic rings. The van der Waals surface area contributed by atoms with Gasteiger partial charge in [-0.05, 0) is 30.2 Å². The average molecular weight is 369 g/mol. The van der Waals surface area contributed by atoms with Crippen LogP contribution in [0.3, 0.4) is 0 Å². The topological polar surface area (TPSA) is 105 Å². The molecule has 0 radical (unpaired) electrons. The van der Waals surface area contributed by atoms with Gasteiger partial charge in [-0.15, -0.1) is 0 Å². The van der Waals surface area contributed by atoms with Gasteiger partial charge in [-0.25, -0.2) is 8.42 Å². The molecule has 0 atom stereocenters. The number of ether oxygens (including phenoxy) is 1. The lowest BCUT2D eigenvalue weighted by Gasteiger charge is -2.26. The monoisotopic (exact) mass is 369 g/mol. The number of hydrogen-bond donors (Lipinski definition) is 2. The predicted molar refractivity (Wildman–Crippen MR) is 91.1 cm³/mol. The third-order valence-electron chi connectivity index (χ3n) is 3.63. The van der Waals surface area contributed by atoms with Crippen molar-refractivity contribution >= 4 is 21.8 Å². The van der Waals surface area contributed by atoms with Gasteiger partial charge >= 0.3 is 0 Å². The number of morpholine rings is 1. The van der Waals surface area contributed by atoms with Crippen LogP contribution >= 0.6 is 0 Å². The van der Waals surface area contributed by atoms with Gasteiger partial charge in [0.05, 0.1) is 18.1 Å². The molecular formula is C16H23N3O5S. The number of amides is 2. The van der Waals surface area contributed by atoms with Crippen LogP contribution in [-0.4, -0.2) is 50.8 Å². The lowest BCUT2D eigenvalue weighted by atomic mass is 10.1. The summed E-state index contributed by atoms with van der Waals surface area (Å²) >= 11 is 0. The fourth-order valence-corrected chi connectivity index (χ4v) is 3.74. The molecule has 1 aromatic rings. The van der Waals surface area contributed by atoms with E-state index >= 15 is 0 Å². The minimum atomic E-state index is -3.59. The fourth-order valence-electron chi connectivity index (χ4n) is 2.33. The van der Waals surface area contributed by atoms with Crippen LogP contribution in [-0.2, 0) is 19.6 Å². The SMILES string of the molecule is CC(C)CC(=O)NNC(=O)c1ccc(S(=O)(=O)N2CCOCC2)cc1. The highest BCUT2D eigenvalue weighted by Gasteiger charge is 2.26. The molecule has 0 saturated carbocycles. The molecule has 1 saturated heterocycles. The number of nitrogens with one attached hydrogen (secondary N) is 2. The summed E-state index contributed by atoms with van der Waals surface area (Å²) in [4.78, 5) is 23.6. The maximum atomic E-state index is 12.5. The van der Waals surface area contributed by atoms with E-state index in [0.29, 0.717) is 32.7 Å². The van der Waals surface area contributed by atoms with Crippen molar-refractivity contribution in [2.24, 2.45) is 5.92 Å². The Hall–Kier alpha value is -1.97. The zero-order valence-electron chi connectivity index (χ0n) is 14.3. The van der Waals surface area contributed by atoms with Gasteiger partial charge in [0.15, 0.2) is 0 Å². The highest BCUT2D eigenvalue weighted by Crippen LogP contribution is 2.17. The number of carbonyl (C=O) groups excluding carboxylic acids is 2. The van der Waals surface area contributed by atoms with Gasteiger partial charge in [-0.3, -0.25) is 20.4 Å². The zero-order chi connectivity index (χ0) is 18.4. The summed E-state index contributed by atoms with van der Waals surface area (Å²) in [5.41, 5.74) is 4.90. The van der Waals surface area contributed by atoms with Crippen molar-refractivity contribution in [2.75, 3.05) is 26.3 Å². The summed E-state index contributed by atoms with van der Waals surface area (Å²) in [6.45, 7) is 5.16. The van der Waals surface area contributed by atoms with E-state index in [1.165, 1.54) is 28.6 Å². The number of rotatable bonds is 5. The van der Waals surface area contributed by atoms with Crippen LogP contribution in [0.2, 0.25) is 0 Å². The van der Waals surface area contributed by atoms with Crippen LogP contribution in [0.4, 0.5) is 0 Å². The summed E-state index contributed by atoms with van der Waals surface area (Å²) in [6.07, 6.45) is 0.303. The molecule has 2 N–H and O–H groups in total. The second-order valence-corrected chi connectivity index (χ2v) is 8.08. The van der Waals surface area contributed by atoms with Crippen molar-refractivity contribution in [1.29, 1.82) is 0 Å². The molecule has 9 heteroatoms. The van der Waals surface area contributed by atoms with Crippen molar-refractivity contribution in [3.63, 3.8) is 0 Å². The lowest BCUT2D eigenvalue weighted by molar-refractivity contribution is -0.122. The summed E-state index contributed by atoms with van der Waals surface area (Å²) in [7, 11) is -3.59. The molecule has 1 aromatic carbocycles. The Morgan fingerprint density at radius 2 is 1.72 bits per heavy atom. The number of hydrogen-bond acceptors (Lipinski definition) is 5. The van der Waals surface area contributed by atoms with Crippen LogP contribution in [0.1, 0.15) is 30.6 Å². The van der Waals surface area contributed by atoms with Gasteiger partial charge in [0.25, 0.3) is 5.91 Å². The standard InChI is InChI=1S/C16H23N3O5S/c1-12(2)11-15(20)17-18-16(21)13-3-5-14(6-4-13)25(22,23)19-7-9-24-10-8-19/h3-6,12H,7-11H2,1-2H3,(H,17,20)(H,18,21). The third kappa shape index (κ3) is 5.25. The third-order valence-corrected chi connectivity index (χ3v) is 5.55. The van der Waals surface area contributed by atoms with Crippen molar-refractivity contribution < 1.29 is 22.7 Å². The first-order valence-corrected chi connectivity index (χ1v) is 9.52. The van der Waals surface area contributed by atoms with Crippen molar-refractivity contribution in [2.45, 2.75) is 25.2 Å². The van der Waals surface area contributed by atoms with E-state index in [1.807, 2.05) is 13.8 Å². The van der Waals surface area contributed by atoms with Gasteiger partial charge in [0, 0.05) is 25.1 Å². The highest BCUT2D eigenvalue weighted by atomic mass is 32.2. The summed E-state index contributed by atoms with van der Waals surface area (Å²) in [5.74, 6) is -0.608. The van der Waals surface area contributed by atoms with Gasteiger partial charge in [-0.1, -0.05) is 13.8 Å². The predicted octanol–water partition coefficient (Wildman–Crippen LogP) is 0.515. The molecular weight excluding hydrogens is 346 g/mol. The number of carbonyl (C=O) groups is 2. The maximum absolute atomic E-state index is 12.5. The van der Waals surface area contributed by atoms with E-state index in [-0.39, 0.29) is 22.3 Å². The normalized spacial score (nSPS) is 15.8. The van der Waals surface area contributed by atoms with Gasteiger partial charge < -0.3 is 4.74 Å². The van der Waals surface area contributed by atoms with E-state index in [4.69, 9.17) is 4.74 Å². The molecule has 138 valence electrons. The molecule has 0 spiro atoms. The molecule has 1 heterocycles. The number of sulfonamides is 1. The van der Waals surface area contributed by atoms with Crippen LogP contribution in [0.5, 0.6) is 0 Å². The number of hydrazine groups is 1. The summed E-state index contributed by atoms with van der Waals surface area (Å²) < 4.78 is 31.5. The van der Waals surface area contributed by atoms with E-state index in [1.54, 1.807) is 0 Å². The van der Waals surface area contributed by atoms with Crippen LogP contribution in [0, 0.1) is 5.92 Å². The number of benzene rings is 1. The molecule has 8 nitrogen and oxygen atoms in total. The molecule has 2 amide bonds. The molecule has 1 aliphatic heterocycles. The van der Waals surface area contributed by atoms with Gasteiger partial charge in [-0.2, -0.15) is 4.31 Å². The summed E-state index contributed by atoms with van der Waals surface area (Å²) in [5, 5.41) is 0. The molecule has 1 fully saturated rings. The lowest BCUT2D eigenvalue weighted by Crippen LogP contribution is -2.42. The van der Waals surface area contributed by atoms with E-state index < -0.39 is 15.9 Å². The van der Waals surface area contributed by atoms with Crippen molar-refractivity contribution in [1.82, 2.24) is 15.2 Å². The summed E-state index contributed by atoms with van der Waals surface area (Å²) in [6, 6.07) is 5.60. The second-order valence-electron chi connectivity index (χ2n) is 6.14. The van der Waals surface area contributed by atoms with Crippen LogP contribution in [0.25, 0.3) is 0 Å². The first-order valence-electron chi connectivity index (χ1n) is 8.08. The minimum absolute atomic E-state index is 0.120. The smallest absolute Gasteiger partial charge is 0.269 e. The van der Waals surface area contributed by atoms with E-state index in [9.17, 15) is 18.0 Å². The van der Waals surface area contributed by atoms with Gasteiger partial charge in [0.1, 0.15) is 0 Å². The molecule has 0 aliphatic carbocycles. The Labute approximate surface area is 147 Å². The molecule has 0 aromatic heterocycles. The van der Waals surface area contributed by atoms with Gasteiger partial charge in [0.2, 0.25) is 15.9 Å². The zero-order valence-corrected chi connectivity index (χ0v) is 15.1. The van der Waals surface area contributed by atoms with Crippen molar-refractivity contribution in [3.8, 4) is 0 Å². The van der Waals surface area contributed by atoms with Crippen molar-refractivity contribution in [3.05, 3.63) is 29.8 Å². The fraction of sp³-hybridized carbons (Fsp3) is 0.500. The highest BCUT2D eigenvalue weighted by molar-refractivity contribution is 7.89.